The number of fused-ring (bicyclic) bond motifs is 2. The van der Waals surface area contributed by atoms with E-state index in [1.165, 1.54) is 27.1 Å². The van der Waals surface area contributed by atoms with Gasteiger partial charge < -0.3 is 9.64 Å². The molecule has 0 bridgehead atoms. The zero-order chi connectivity index (χ0) is 23.8. The average Bonchev–Trinajstić information content (AvgIpc) is 3.19. The SMILES string of the molecule is C=CCN1C(=O)COc2ccc(C(=O)Cn3cnc4sc(C)c(-c5ccccc5)c4c3=O)cc21. The van der Waals surface area contributed by atoms with Crippen molar-refractivity contribution in [3.05, 3.63) is 88.3 Å². The summed E-state index contributed by atoms with van der Waals surface area (Å²) < 4.78 is 6.83. The minimum Gasteiger partial charge on any atom is -0.482 e. The molecule has 1 aliphatic rings. The molecule has 0 N–H and O–H groups in total. The third kappa shape index (κ3) is 3.72. The Hall–Kier alpha value is -4.04. The highest BCUT2D eigenvalue weighted by Crippen LogP contribution is 2.35. The van der Waals surface area contributed by atoms with Gasteiger partial charge in [0.25, 0.3) is 11.5 Å². The van der Waals surface area contributed by atoms with E-state index in [2.05, 4.69) is 11.6 Å². The van der Waals surface area contributed by atoms with E-state index in [9.17, 15) is 14.4 Å². The molecule has 7 nitrogen and oxygen atoms in total. The molecule has 8 heteroatoms. The number of anilines is 1. The van der Waals surface area contributed by atoms with Gasteiger partial charge in [-0.2, -0.15) is 0 Å². The fourth-order valence-electron chi connectivity index (χ4n) is 4.15. The number of nitrogens with zero attached hydrogens (tertiary/aromatic N) is 3. The minimum absolute atomic E-state index is 0.0565. The summed E-state index contributed by atoms with van der Waals surface area (Å²) in [5.74, 6) is 0.0551. The van der Waals surface area contributed by atoms with Crippen LogP contribution in [-0.4, -0.2) is 34.4 Å². The second-order valence-corrected chi connectivity index (χ2v) is 9.15. The van der Waals surface area contributed by atoms with Gasteiger partial charge >= 0.3 is 0 Å². The second-order valence-electron chi connectivity index (χ2n) is 7.94. The van der Waals surface area contributed by atoms with Crippen LogP contribution in [0.2, 0.25) is 0 Å². The van der Waals surface area contributed by atoms with E-state index in [4.69, 9.17) is 4.74 Å². The van der Waals surface area contributed by atoms with Crippen LogP contribution in [0.1, 0.15) is 15.2 Å². The van der Waals surface area contributed by atoms with Gasteiger partial charge in [0, 0.05) is 22.5 Å². The van der Waals surface area contributed by atoms with Crippen molar-refractivity contribution in [1.29, 1.82) is 0 Å². The van der Waals surface area contributed by atoms with E-state index in [1.807, 2.05) is 37.3 Å². The lowest BCUT2D eigenvalue weighted by Crippen LogP contribution is -2.39. The Bertz CT molecular complexity index is 1500. The molecule has 0 unspecified atom stereocenters. The molecule has 0 aliphatic carbocycles. The average molecular weight is 472 g/mol. The lowest BCUT2D eigenvalue weighted by molar-refractivity contribution is -0.121. The maximum absolute atomic E-state index is 13.4. The summed E-state index contributed by atoms with van der Waals surface area (Å²) in [7, 11) is 0. The van der Waals surface area contributed by atoms with Crippen molar-refractivity contribution >= 4 is 38.9 Å². The number of aromatic nitrogens is 2. The zero-order valence-electron chi connectivity index (χ0n) is 18.5. The Labute approximate surface area is 199 Å². The summed E-state index contributed by atoms with van der Waals surface area (Å²) in [4.78, 5) is 46.4. The van der Waals surface area contributed by atoms with E-state index < -0.39 is 0 Å². The number of hydrogen-bond acceptors (Lipinski definition) is 6. The summed E-state index contributed by atoms with van der Waals surface area (Å²) >= 11 is 1.46. The first-order chi connectivity index (χ1) is 16.5. The number of amides is 1. The number of ketones is 1. The minimum atomic E-state index is -0.268. The molecule has 0 saturated heterocycles. The molecule has 2 aromatic heterocycles. The fourth-order valence-corrected chi connectivity index (χ4v) is 5.16. The number of aryl methyl sites for hydroxylation is 1. The molecule has 0 spiro atoms. The van der Waals surface area contributed by atoms with Crippen LogP contribution in [0.25, 0.3) is 21.3 Å². The van der Waals surface area contributed by atoms with Crippen molar-refractivity contribution in [1.82, 2.24) is 9.55 Å². The molecule has 2 aromatic carbocycles. The van der Waals surface area contributed by atoms with Crippen LogP contribution < -0.4 is 15.2 Å². The highest BCUT2D eigenvalue weighted by atomic mass is 32.1. The van der Waals surface area contributed by atoms with Gasteiger partial charge in [-0.05, 0) is 30.7 Å². The predicted octanol–water partition coefficient (Wildman–Crippen LogP) is 4.23. The van der Waals surface area contributed by atoms with Gasteiger partial charge in [-0.1, -0.05) is 36.4 Å². The monoisotopic (exact) mass is 471 g/mol. The van der Waals surface area contributed by atoms with Crippen molar-refractivity contribution < 1.29 is 14.3 Å². The van der Waals surface area contributed by atoms with Crippen LogP contribution in [0.3, 0.4) is 0 Å². The molecule has 0 saturated carbocycles. The van der Waals surface area contributed by atoms with E-state index >= 15 is 0 Å². The Balaban J connectivity index is 1.51. The fraction of sp³-hybridized carbons (Fsp3) is 0.154. The first-order valence-corrected chi connectivity index (χ1v) is 11.5. The van der Waals surface area contributed by atoms with E-state index in [0.29, 0.717) is 33.8 Å². The first-order valence-electron chi connectivity index (χ1n) is 10.7. The smallest absolute Gasteiger partial charge is 0.265 e. The molecule has 4 aromatic rings. The molecule has 34 heavy (non-hydrogen) atoms. The number of thiophene rings is 1. The number of benzene rings is 2. The number of ether oxygens (including phenoxy) is 1. The van der Waals surface area contributed by atoms with Gasteiger partial charge in [0.2, 0.25) is 0 Å². The second kappa shape index (κ2) is 8.72. The van der Waals surface area contributed by atoms with Gasteiger partial charge in [-0.3, -0.25) is 19.0 Å². The molecule has 0 atom stereocenters. The first kappa shape index (κ1) is 21.8. The van der Waals surface area contributed by atoms with Crippen molar-refractivity contribution in [3.63, 3.8) is 0 Å². The van der Waals surface area contributed by atoms with Crippen molar-refractivity contribution in [3.8, 4) is 16.9 Å². The van der Waals surface area contributed by atoms with Crippen molar-refractivity contribution in [2.75, 3.05) is 18.1 Å². The van der Waals surface area contributed by atoms with Gasteiger partial charge in [0.1, 0.15) is 10.6 Å². The van der Waals surface area contributed by atoms with Gasteiger partial charge in [-0.15, -0.1) is 17.9 Å². The highest BCUT2D eigenvalue weighted by Gasteiger charge is 2.26. The van der Waals surface area contributed by atoms with Crippen LogP contribution in [0, 0.1) is 6.92 Å². The maximum atomic E-state index is 13.4. The quantitative estimate of drug-likeness (QED) is 0.311. The summed E-state index contributed by atoms with van der Waals surface area (Å²) in [5.41, 5.74) is 2.43. The Morgan fingerprint density at radius 3 is 2.76 bits per heavy atom. The molecule has 0 radical (unpaired) electrons. The Kier molecular flexibility index (Phi) is 5.59. The van der Waals surface area contributed by atoms with Crippen LogP contribution in [-0.2, 0) is 11.3 Å². The largest absolute Gasteiger partial charge is 0.482 e. The van der Waals surface area contributed by atoms with Gasteiger partial charge in [-0.25, -0.2) is 4.98 Å². The molecule has 1 amide bonds. The van der Waals surface area contributed by atoms with Gasteiger partial charge in [0.05, 0.1) is 23.9 Å². The maximum Gasteiger partial charge on any atom is 0.265 e. The summed E-state index contributed by atoms with van der Waals surface area (Å²) in [6, 6.07) is 14.6. The standard InChI is InChI=1S/C26H21N3O4S/c1-3-11-29-19-12-18(9-10-21(19)33-14-22(29)31)20(30)13-28-15-27-25-24(26(28)32)23(16(2)34-25)17-7-5-4-6-8-17/h3-10,12,15H,1,11,13-14H2,2H3. The summed E-state index contributed by atoms with van der Waals surface area (Å²) in [6.07, 6.45) is 3.04. The number of rotatable bonds is 6. The molecular formula is C26H21N3O4S. The van der Waals surface area contributed by atoms with E-state index in [1.54, 1.807) is 24.3 Å². The van der Waals surface area contributed by atoms with Crippen LogP contribution in [0.15, 0.2) is 72.3 Å². The predicted molar refractivity (Wildman–Crippen MR) is 133 cm³/mol. The van der Waals surface area contributed by atoms with Crippen molar-refractivity contribution in [2.45, 2.75) is 13.5 Å². The number of carbonyl (C=O) groups is 2. The summed E-state index contributed by atoms with van der Waals surface area (Å²) in [6.45, 7) is 5.75. The molecular weight excluding hydrogens is 450 g/mol. The zero-order valence-corrected chi connectivity index (χ0v) is 19.3. The molecule has 170 valence electrons. The Morgan fingerprint density at radius 1 is 1.21 bits per heavy atom. The third-order valence-corrected chi connectivity index (χ3v) is 6.78. The Morgan fingerprint density at radius 2 is 2.00 bits per heavy atom. The number of Topliss-reactive ketones (excluding diaryl/α,β-unsaturated/α-hetero) is 1. The van der Waals surface area contributed by atoms with Crippen molar-refractivity contribution in [2.24, 2.45) is 0 Å². The number of carbonyl (C=O) groups excluding carboxylic acids is 2. The van der Waals surface area contributed by atoms with E-state index in [0.717, 1.165) is 16.0 Å². The topological polar surface area (TPSA) is 81.5 Å². The van der Waals surface area contributed by atoms with Gasteiger partial charge in [0.15, 0.2) is 12.4 Å². The summed E-state index contributed by atoms with van der Waals surface area (Å²) in [5, 5.41) is 0.519. The highest BCUT2D eigenvalue weighted by molar-refractivity contribution is 7.19. The third-order valence-electron chi connectivity index (χ3n) is 5.77. The normalized spacial score (nSPS) is 13.0. The molecule has 1 aliphatic heterocycles. The molecule has 5 rings (SSSR count). The van der Waals surface area contributed by atoms with Crippen LogP contribution >= 0.6 is 11.3 Å². The number of hydrogen-bond donors (Lipinski definition) is 0. The van der Waals surface area contributed by atoms with Crippen LogP contribution in [0.5, 0.6) is 5.75 Å². The van der Waals surface area contributed by atoms with E-state index in [-0.39, 0.29) is 30.4 Å². The molecule has 0 fully saturated rings. The lowest BCUT2D eigenvalue weighted by Gasteiger charge is -2.28. The lowest BCUT2D eigenvalue weighted by atomic mass is 10.0. The van der Waals surface area contributed by atoms with Crippen LogP contribution in [0.4, 0.5) is 5.69 Å². The molecule has 3 heterocycles.